The molecule has 1 unspecified atom stereocenters. The van der Waals surface area contributed by atoms with Crippen molar-refractivity contribution in [2.45, 2.75) is 32.0 Å². The van der Waals surface area contributed by atoms with Gasteiger partial charge in [-0.3, -0.25) is 0 Å². The Morgan fingerprint density at radius 3 is 2.53 bits per heavy atom. The van der Waals surface area contributed by atoms with Gasteiger partial charge in [0.1, 0.15) is 5.75 Å². The van der Waals surface area contributed by atoms with Gasteiger partial charge >= 0.3 is 18.3 Å². The highest BCUT2D eigenvalue weighted by Crippen LogP contribution is 2.40. The highest BCUT2D eigenvalue weighted by atomic mass is 35.5. The Labute approximate surface area is 174 Å². The minimum absolute atomic E-state index is 0.00216. The molecule has 1 aromatic carbocycles. The molecule has 1 aromatic rings. The van der Waals surface area contributed by atoms with Crippen LogP contribution >= 0.6 is 11.6 Å². The summed E-state index contributed by atoms with van der Waals surface area (Å²) in [6.07, 6.45) is -6.61. The van der Waals surface area contributed by atoms with Gasteiger partial charge in [-0.15, -0.1) is 0 Å². The van der Waals surface area contributed by atoms with Crippen LogP contribution in [0.2, 0.25) is 5.02 Å². The smallest absolute Gasteiger partial charge is 0.475 e. The van der Waals surface area contributed by atoms with E-state index in [1.165, 1.54) is 19.1 Å². The third-order valence-electron chi connectivity index (χ3n) is 3.87. The number of carbonyl (C=O) groups excluding carboxylic acids is 2. The minimum Gasteiger partial charge on any atom is -0.475 e. The lowest BCUT2D eigenvalue weighted by Gasteiger charge is -2.28. The standard InChI is InChI=1S/C18H19ClF3NO7/c1-10-6-12(19)7-11-8-13(15(18(20,21)22)30-14(10)11)16(24)27-9-28-17(25)26-4-2-3-5-29-23/h6-8,15H,2-5,9,23H2,1H3. The Morgan fingerprint density at radius 2 is 1.87 bits per heavy atom. The molecular weight excluding hydrogens is 435 g/mol. The summed E-state index contributed by atoms with van der Waals surface area (Å²) in [6, 6.07) is 2.79. The van der Waals surface area contributed by atoms with Gasteiger partial charge in [-0.25, -0.2) is 15.5 Å². The van der Waals surface area contributed by atoms with Crippen molar-refractivity contribution in [3.05, 3.63) is 33.9 Å². The number of nitrogens with two attached hydrogens (primary N) is 1. The lowest BCUT2D eigenvalue weighted by molar-refractivity contribution is -0.189. The molecule has 2 N–H and O–H groups in total. The zero-order chi connectivity index (χ0) is 22.3. The third kappa shape index (κ3) is 6.51. The van der Waals surface area contributed by atoms with Crippen molar-refractivity contribution in [3.8, 4) is 5.75 Å². The van der Waals surface area contributed by atoms with Crippen LogP contribution in [0.3, 0.4) is 0 Å². The second-order valence-corrected chi connectivity index (χ2v) is 6.59. The molecule has 0 aliphatic carbocycles. The fourth-order valence-electron chi connectivity index (χ4n) is 2.56. The third-order valence-corrected chi connectivity index (χ3v) is 4.09. The Morgan fingerprint density at radius 1 is 1.17 bits per heavy atom. The fraction of sp³-hybridized carbons (Fsp3) is 0.444. The zero-order valence-electron chi connectivity index (χ0n) is 15.8. The van der Waals surface area contributed by atoms with Gasteiger partial charge in [-0.05, 0) is 43.5 Å². The molecule has 0 radical (unpaired) electrons. The number of esters is 1. The second-order valence-electron chi connectivity index (χ2n) is 6.15. The number of rotatable bonds is 8. The van der Waals surface area contributed by atoms with E-state index < -0.39 is 36.8 Å². The van der Waals surface area contributed by atoms with Crippen LogP contribution in [0.25, 0.3) is 6.08 Å². The molecule has 1 atom stereocenters. The number of hydrogen-bond donors (Lipinski definition) is 1. The molecule has 0 spiro atoms. The van der Waals surface area contributed by atoms with Crippen molar-refractivity contribution in [3.63, 3.8) is 0 Å². The lowest BCUT2D eigenvalue weighted by atomic mass is 9.99. The van der Waals surface area contributed by atoms with E-state index in [0.29, 0.717) is 18.4 Å². The van der Waals surface area contributed by atoms with E-state index >= 15 is 0 Å². The normalized spacial score (nSPS) is 15.5. The van der Waals surface area contributed by atoms with Gasteiger partial charge in [0.25, 0.3) is 0 Å². The summed E-state index contributed by atoms with van der Waals surface area (Å²) in [6.45, 7) is 0.869. The first-order chi connectivity index (χ1) is 14.1. The second kappa shape index (κ2) is 10.5. The molecule has 0 saturated carbocycles. The highest BCUT2D eigenvalue weighted by Gasteiger charge is 2.49. The van der Waals surface area contributed by atoms with Gasteiger partial charge in [-0.1, -0.05) is 11.6 Å². The highest BCUT2D eigenvalue weighted by molar-refractivity contribution is 6.30. The van der Waals surface area contributed by atoms with Gasteiger partial charge < -0.3 is 23.8 Å². The SMILES string of the molecule is Cc1cc(Cl)cc2c1OC(C(F)(F)F)C(C(=O)OCOC(=O)OCCCCON)=C2. The number of unbranched alkanes of at least 4 members (excludes halogenated alkanes) is 1. The number of fused-ring (bicyclic) bond motifs is 1. The van der Waals surface area contributed by atoms with E-state index in [2.05, 4.69) is 19.0 Å². The molecule has 166 valence electrons. The minimum atomic E-state index is -4.89. The van der Waals surface area contributed by atoms with Crippen molar-refractivity contribution in [2.24, 2.45) is 5.90 Å². The predicted molar refractivity (Wildman–Crippen MR) is 97.4 cm³/mol. The largest absolute Gasteiger partial charge is 0.511 e. The summed E-state index contributed by atoms with van der Waals surface area (Å²) >= 11 is 5.92. The average molecular weight is 454 g/mol. The first kappa shape index (κ1) is 23.8. The van der Waals surface area contributed by atoms with Crippen molar-refractivity contribution >= 4 is 29.8 Å². The van der Waals surface area contributed by atoms with E-state index in [1.54, 1.807) is 0 Å². The molecule has 0 amide bonds. The molecule has 2 rings (SSSR count). The Bertz CT molecular complexity index is 814. The molecule has 1 heterocycles. The number of carbonyl (C=O) groups is 2. The van der Waals surface area contributed by atoms with Gasteiger partial charge in [0.15, 0.2) is 0 Å². The molecule has 8 nitrogen and oxygen atoms in total. The number of halogens is 4. The van der Waals surface area contributed by atoms with Crippen LogP contribution < -0.4 is 10.6 Å². The Kier molecular flexibility index (Phi) is 8.33. The van der Waals surface area contributed by atoms with Gasteiger partial charge in [0.2, 0.25) is 12.9 Å². The maximum absolute atomic E-state index is 13.4. The average Bonchev–Trinajstić information content (AvgIpc) is 2.66. The van der Waals surface area contributed by atoms with Crippen LogP contribution in [-0.2, 0) is 23.8 Å². The maximum atomic E-state index is 13.4. The molecule has 0 saturated heterocycles. The number of benzene rings is 1. The van der Waals surface area contributed by atoms with Crippen LogP contribution in [0.15, 0.2) is 17.7 Å². The summed E-state index contributed by atoms with van der Waals surface area (Å²) in [4.78, 5) is 27.9. The predicted octanol–water partition coefficient (Wildman–Crippen LogP) is 3.68. The van der Waals surface area contributed by atoms with Crippen molar-refractivity contribution in [1.82, 2.24) is 0 Å². The summed E-state index contributed by atoms with van der Waals surface area (Å²) < 4.78 is 59.1. The van der Waals surface area contributed by atoms with Crippen molar-refractivity contribution < 1.29 is 46.5 Å². The number of alkyl halides is 3. The van der Waals surface area contributed by atoms with E-state index in [9.17, 15) is 22.8 Å². The molecule has 0 bridgehead atoms. The Hall–Kier alpha value is -2.50. The van der Waals surface area contributed by atoms with Crippen LogP contribution in [0.4, 0.5) is 18.0 Å². The summed E-state index contributed by atoms with van der Waals surface area (Å²) in [7, 11) is 0. The number of hydrogen-bond acceptors (Lipinski definition) is 8. The molecular formula is C18H19ClF3NO7. The van der Waals surface area contributed by atoms with Gasteiger partial charge in [0, 0.05) is 10.6 Å². The lowest BCUT2D eigenvalue weighted by Crippen LogP contribution is -2.41. The topological polar surface area (TPSA) is 106 Å². The summed E-state index contributed by atoms with van der Waals surface area (Å²) in [5, 5.41) is 0.258. The van der Waals surface area contributed by atoms with Crippen LogP contribution in [0.5, 0.6) is 5.75 Å². The molecule has 1 aliphatic heterocycles. The molecule has 1 aliphatic rings. The van der Waals surface area contributed by atoms with E-state index in [-0.39, 0.29) is 29.5 Å². The number of ether oxygens (including phenoxy) is 4. The molecule has 30 heavy (non-hydrogen) atoms. The molecule has 12 heteroatoms. The van der Waals surface area contributed by atoms with Crippen molar-refractivity contribution in [2.75, 3.05) is 20.0 Å². The van der Waals surface area contributed by atoms with E-state index in [0.717, 1.165) is 6.08 Å². The van der Waals surface area contributed by atoms with Gasteiger partial charge in [-0.2, -0.15) is 13.2 Å². The Balaban J connectivity index is 2.00. The van der Waals surface area contributed by atoms with E-state index in [1.807, 2.05) is 0 Å². The van der Waals surface area contributed by atoms with Gasteiger partial charge in [0.05, 0.1) is 18.8 Å². The summed E-state index contributed by atoms with van der Waals surface area (Å²) in [5.74, 6) is 3.42. The maximum Gasteiger partial charge on any atom is 0.511 e. The van der Waals surface area contributed by atoms with E-state index in [4.69, 9.17) is 22.2 Å². The van der Waals surface area contributed by atoms with Crippen LogP contribution in [-0.4, -0.2) is 44.4 Å². The first-order valence-electron chi connectivity index (χ1n) is 8.67. The van der Waals surface area contributed by atoms with Crippen molar-refractivity contribution in [1.29, 1.82) is 0 Å². The summed E-state index contributed by atoms with van der Waals surface area (Å²) in [5.41, 5.74) is -0.246. The zero-order valence-corrected chi connectivity index (χ0v) is 16.5. The molecule has 0 aromatic heterocycles. The molecule has 0 fully saturated rings. The fourth-order valence-corrected chi connectivity index (χ4v) is 2.84. The monoisotopic (exact) mass is 453 g/mol. The quantitative estimate of drug-likeness (QED) is 0.275. The first-order valence-corrected chi connectivity index (χ1v) is 9.04. The number of aryl methyl sites for hydroxylation is 1. The van der Waals surface area contributed by atoms with Crippen LogP contribution in [0.1, 0.15) is 24.0 Å². The van der Waals surface area contributed by atoms with Crippen LogP contribution in [0, 0.1) is 6.92 Å².